The van der Waals surface area contributed by atoms with E-state index in [1.165, 1.54) is 0 Å². The molecule has 2 N–H and O–H groups in total. The Bertz CT molecular complexity index is 351. The molecule has 1 aliphatic rings. The van der Waals surface area contributed by atoms with Crippen LogP contribution in [0.3, 0.4) is 0 Å². The molecule has 0 atom stereocenters. The highest BCUT2D eigenvalue weighted by Gasteiger charge is 2.27. The number of anilines is 1. The van der Waals surface area contributed by atoms with Crippen molar-refractivity contribution in [2.45, 2.75) is 44.9 Å². The fourth-order valence-electron chi connectivity index (χ4n) is 1.61. The number of aromatic nitrogens is 2. The minimum atomic E-state index is -0.174. The van der Waals surface area contributed by atoms with Gasteiger partial charge >= 0.3 is 0 Å². The Morgan fingerprint density at radius 2 is 2.25 bits per heavy atom. The number of aliphatic hydroxyl groups excluding tert-OH is 1. The number of rotatable bonds is 4. The van der Waals surface area contributed by atoms with Crippen LogP contribution in [-0.2, 0) is 0 Å². The molecule has 0 spiro atoms. The lowest BCUT2D eigenvalue weighted by Crippen LogP contribution is -2.39. The Labute approximate surface area is 94.9 Å². The normalized spacial score (nSPS) is 24.0. The van der Waals surface area contributed by atoms with E-state index in [1.54, 1.807) is 12.3 Å². The maximum Gasteiger partial charge on any atom is 0.226 e. The first-order chi connectivity index (χ1) is 7.63. The van der Waals surface area contributed by atoms with E-state index in [4.69, 9.17) is 9.84 Å². The zero-order chi connectivity index (χ0) is 11.5. The van der Waals surface area contributed by atoms with E-state index in [0.29, 0.717) is 11.8 Å². The quantitative estimate of drug-likeness (QED) is 0.802. The van der Waals surface area contributed by atoms with E-state index in [9.17, 15) is 0 Å². The standard InChI is InChI=1S/C11H17N3O2/c1-7(2)16-10-3-4-12-11(14-10)13-8-5-9(15)6-8/h3-4,7-9,15H,5-6H2,1-2H3,(H,12,13,14). The Balaban J connectivity index is 1.93. The summed E-state index contributed by atoms with van der Waals surface area (Å²) >= 11 is 0. The van der Waals surface area contributed by atoms with E-state index < -0.39 is 0 Å². The summed E-state index contributed by atoms with van der Waals surface area (Å²) in [6.07, 6.45) is 3.13. The third-order valence-corrected chi connectivity index (χ3v) is 2.43. The second-order valence-corrected chi connectivity index (χ2v) is 4.35. The van der Waals surface area contributed by atoms with Gasteiger partial charge in [0.15, 0.2) is 0 Å². The molecule has 5 nitrogen and oxygen atoms in total. The summed E-state index contributed by atoms with van der Waals surface area (Å²) in [6.45, 7) is 3.91. The predicted octanol–water partition coefficient (Wildman–Crippen LogP) is 1.20. The molecular weight excluding hydrogens is 206 g/mol. The molecule has 0 saturated heterocycles. The van der Waals surface area contributed by atoms with Crippen molar-refractivity contribution < 1.29 is 9.84 Å². The van der Waals surface area contributed by atoms with Crippen LogP contribution in [0.15, 0.2) is 12.3 Å². The van der Waals surface area contributed by atoms with Gasteiger partial charge in [-0.2, -0.15) is 4.98 Å². The van der Waals surface area contributed by atoms with Gasteiger partial charge in [0.1, 0.15) is 0 Å². The van der Waals surface area contributed by atoms with Crippen molar-refractivity contribution in [2.24, 2.45) is 0 Å². The Hall–Kier alpha value is -1.36. The molecule has 0 unspecified atom stereocenters. The molecular formula is C11H17N3O2. The molecule has 1 saturated carbocycles. The minimum absolute atomic E-state index is 0.105. The van der Waals surface area contributed by atoms with Gasteiger partial charge in [0, 0.05) is 18.3 Å². The SMILES string of the molecule is CC(C)Oc1ccnc(NC2CC(O)C2)n1. The summed E-state index contributed by atoms with van der Waals surface area (Å²) in [5.41, 5.74) is 0. The number of hydrogen-bond acceptors (Lipinski definition) is 5. The lowest BCUT2D eigenvalue weighted by atomic mass is 9.90. The van der Waals surface area contributed by atoms with Crippen LogP contribution >= 0.6 is 0 Å². The average molecular weight is 223 g/mol. The molecule has 5 heteroatoms. The van der Waals surface area contributed by atoms with Crippen molar-refractivity contribution >= 4 is 5.95 Å². The number of nitrogens with zero attached hydrogens (tertiary/aromatic N) is 2. The molecule has 1 heterocycles. The summed E-state index contributed by atoms with van der Waals surface area (Å²) in [6, 6.07) is 2.02. The summed E-state index contributed by atoms with van der Waals surface area (Å²) < 4.78 is 5.47. The zero-order valence-corrected chi connectivity index (χ0v) is 9.55. The number of hydrogen-bond donors (Lipinski definition) is 2. The van der Waals surface area contributed by atoms with Crippen molar-refractivity contribution in [3.8, 4) is 5.88 Å². The molecule has 0 radical (unpaired) electrons. The van der Waals surface area contributed by atoms with Gasteiger partial charge in [0.05, 0.1) is 12.2 Å². The van der Waals surface area contributed by atoms with Crippen LogP contribution in [0, 0.1) is 0 Å². The van der Waals surface area contributed by atoms with E-state index in [0.717, 1.165) is 12.8 Å². The summed E-state index contributed by atoms with van der Waals surface area (Å²) in [5, 5.41) is 12.3. The third kappa shape index (κ3) is 2.82. The van der Waals surface area contributed by atoms with Crippen molar-refractivity contribution in [2.75, 3.05) is 5.32 Å². The fourth-order valence-corrected chi connectivity index (χ4v) is 1.61. The lowest BCUT2D eigenvalue weighted by Gasteiger charge is -2.31. The van der Waals surface area contributed by atoms with Crippen molar-refractivity contribution in [3.63, 3.8) is 0 Å². The van der Waals surface area contributed by atoms with Gasteiger partial charge in [0.2, 0.25) is 11.8 Å². The van der Waals surface area contributed by atoms with Crippen molar-refractivity contribution in [1.29, 1.82) is 0 Å². The van der Waals surface area contributed by atoms with Crippen LogP contribution in [0.1, 0.15) is 26.7 Å². The van der Waals surface area contributed by atoms with Crippen LogP contribution < -0.4 is 10.1 Å². The topological polar surface area (TPSA) is 67.3 Å². The van der Waals surface area contributed by atoms with Gasteiger partial charge in [-0.25, -0.2) is 4.98 Å². The van der Waals surface area contributed by atoms with Crippen LogP contribution in [0.5, 0.6) is 5.88 Å². The summed E-state index contributed by atoms with van der Waals surface area (Å²) in [4.78, 5) is 8.34. The number of aliphatic hydroxyl groups is 1. The second kappa shape index (κ2) is 4.65. The van der Waals surface area contributed by atoms with Crippen LogP contribution in [0.25, 0.3) is 0 Å². The molecule has 88 valence electrons. The highest BCUT2D eigenvalue weighted by Crippen LogP contribution is 2.23. The zero-order valence-electron chi connectivity index (χ0n) is 9.55. The van der Waals surface area contributed by atoms with E-state index in [2.05, 4.69) is 15.3 Å². The van der Waals surface area contributed by atoms with E-state index >= 15 is 0 Å². The van der Waals surface area contributed by atoms with Crippen molar-refractivity contribution in [1.82, 2.24) is 9.97 Å². The van der Waals surface area contributed by atoms with Crippen molar-refractivity contribution in [3.05, 3.63) is 12.3 Å². The molecule has 0 aromatic carbocycles. The fraction of sp³-hybridized carbons (Fsp3) is 0.636. The number of nitrogens with one attached hydrogen (secondary N) is 1. The van der Waals surface area contributed by atoms with Gasteiger partial charge in [0.25, 0.3) is 0 Å². The predicted molar refractivity (Wildman–Crippen MR) is 60.4 cm³/mol. The highest BCUT2D eigenvalue weighted by atomic mass is 16.5. The molecule has 1 aromatic rings. The second-order valence-electron chi connectivity index (χ2n) is 4.35. The first-order valence-electron chi connectivity index (χ1n) is 5.58. The molecule has 2 rings (SSSR count). The molecule has 0 aliphatic heterocycles. The summed E-state index contributed by atoms with van der Waals surface area (Å²) in [7, 11) is 0. The van der Waals surface area contributed by atoms with Gasteiger partial charge in [-0.15, -0.1) is 0 Å². The summed E-state index contributed by atoms with van der Waals surface area (Å²) in [5.74, 6) is 1.14. The van der Waals surface area contributed by atoms with Gasteiger partial charge in [-0.05, 0) is 26.7 Å². The Kier molecular flexibility index (Phi) is 3.24. The molecule has 1 fully saturated rings. The maximum absolute atomic E-state index is 9.16. The van der Waals surface area contributed by atoms with Crippen LogP contribution in [0.2, 0.25) is 0 Å². The monoisotopic (exact) mass is 223 g/mol. The Morgan fingerprint density at radius 3 is 2.88 bits per heavy atom. The molecule has 0 amide bonds. The molecule has 16 heavy (non-hydrogen) atoms. The first kappa shape index (κ1) is 11.1. The van der Waals surface area contributed by atoms with Crippen LogP contribution in [-0.4, -0.2) is 33.3 Å². The Morgan fingerprint density at radius 1 is 1.50 bits per heavy atom. The molecule has 0 bridgehead atoms. The van der Waals surface area contributed by atoms with Crippen LogP contribution in [0.4, 0.5) is 5.95 Å². The number of ether oxygens (including phenoxy) is 1. The average Bonchev–Trinajstić information content (AvgIpc) is 2.15. The third-order valence-electron chi connectivity index (χ3n) is 2.43. The minimum Gasteiger partial charge on any atom is -0.475 e. The van der Waals surface area contributed by atoms with Gasteiger partial charge in [-0.1, -0.05) is 0 Å². The molecule has 1 aromatic heterocycles. The molecule has 1 aliphatic carbocycles. The smallest absolute Gasteiger partial charge is 0.226 e. The lowest BCUT2D eigenvalue weighted by molar-refractivity contribution is 0.0834. The first-order valence-corrected chi connectivity index (χ1v) is 5.58. The van der Waals surface area contributed by atoms with E-state index in [-0.39, 0.29) is 18.2 Å². The van der Waals surface area contributed by atoms with Gasteiger partial charge < -0.3 is 15.2 Å². The van der Waals surface area contributed by atoms with Gasteiger partial charge in [-0.3, -0.25) is 0 Å². The highest BCUT2D eigenvalue weighted by molar-refractivity contribution is 5.30. The largest absolute Gasteiger partial charge is 0.475 e. The maximum atomic E-state index is 9.16. The van der Waals surface area contributed by atoms with E-state index in [1.807, 2.05) is 13.8 Å².